The number of nitrogens with one attached hydrogen (secondary N) is 1. The molecule has 0 spiro atoms. The number of aryl methyl sites for hydroxylation is 1. The van der Waals surface area contributed by atoms with Crippen LogP contribution >= 0.6 is 23.2 Å². The van der Waals surface area contributed by atoms with Crippen molar-refractivity contribution in [1.82, 2.24) is 10.2 Å². The first-order chi connectivity index (χ1) is 19.7. The predicted octanol–water partition coefficient (Wildman–Crippen LogP) is 7.14. The largest absolute Gasteiger partial charge is 0.490 e. The molecule has 0 aromatic heterocycles. The number of hydrogen-bond acceptors (Lipinski definition) is 4. The summed E-state index contributed by atoms with van der Waals surface area (Å²) in [6.07, 6.45) is 1.00. The predicted molar refractivity (Wildman–Crippen MR) is 166 cm³/mol. The Kier molecular flexibility index (Phi) is 12.8. The van der Waals surface area contributed by atoms with Gasteiger partial charge in [-0.25, -0.2) is 0 Å². The molecule has 0 radical (unpaired) electrons. The van der Waals surface area contributed by atoms with E-state index in [2.05, 4.69) is 5.32 Å². The van der Waals surface area contributed by atoms with Crippen LogP contribution in [0.15, 0.2) is 66.7 Å². The molecule has 2 amide bonds. The number of nitrogens with zero attached hydrogens (tertiary/aromatic N) is 1. The van der Waals surface area contributed by atoms with E-state index in [-0.39, 0.29) is 30.7 Å². The molecule has 0 heterocycles. The molecule has 1 atom stereocenters. The van der Waals surface area contributed by atoms with Crippen molar-refractivity contribution in [2.75, 3.05) is 19.8 Å². The molecule has 0 aliphatic rings. The molecular formula is C33H40Cl2N2O4. The van der Waals surface area contributed by atoms with E-state index in [0.717, 1.165) is 11.1 Å². The summed E-state index contributed by atoms with van der Waals surface area (Å²) < 4.78 is 11.5. The standard InChI is InChI=1S/C33H40Cl2N2O4/c1-5-40-30-17-15-25(20-31(30)41-6-2)16-18-32(38)37(22-26-27(34)13-10-14-28(26)35)29(33(39)36-21-23(3)4)19-24-11-8-7-9-12-24/h7-15,17,20,23,29H,5-6,16,18-19,21-22H2,1-4H3,(H,36,39)/t29-/m0/s1. The Balaban J connectivity index is 1.94. The quantitative estimate of drug-likeness (QED) is 0.202. The average Bonchev–Trinajstić information content (AvgIpc) is 2.95. The highest BCUT2D eigenvalue weighted by Gasteiger charge is 2.31. The maximum Gasteiger partial charge on any atom is 0.243 e. The van der Waals surface area contributed by atoms with E-state index >= 15 is 0 Å². The van der Waals surface area contributed by atoms with Gasteiger partial charge in [0.25, 0.3) is 0 Å². The van der Waals surface area contributed by atoms with Crippen LogP contribution in [0.25, 0.3) is 0 Å². The third-order valence-corrected chi connectivity index (χ3v) is 7.29. The number of rotatable bonds is 15. The topological polar surface area (TPSA) is 67.9 Å². The molecule has 0 saturated carbocycles. The fraction of sp³-hybridized carbons (Fsp3) is 0.394. The maximum atomic E-state index is 14.0. The zero-order valence-corrected chi connectivity index (χ0v) is 25.8. The second kappa shape index (κ2) is 16.3. The zero-order chi connectivity index (χ0) is 29.8. The Morgan fingerprint density at radius 3 is 2.15 bits per heavy atom. The molecule has 0 bridgehead atoms. The lowest BCUT2D eigenvalue weighted by Gasteiger charge is -2.32. The van der Waals surface area contributed by atoms with E-state index in [9.17, 15) is 9.59 Å². The van der Waals surface area contributed by atoms with Crippen LogP contribution in [-0.4, -0.2) is 42.5 Å². The molecule has 220 valence electrons. The minimum Gasteiger partial charge on any atom is -0.490 e. The van der Waals surface area contributed by atoms with Crippen LogP contribution < -0.4 is 14.8 Å². The molecule has 3 rings (SSSR count). The second-order valence-electron chi connectivity index (χ2n) is 10.2. The summed E-state index contributed by atoms with van der Waals surface area (Å²) in [7, 11) is 0. The fourth-order valence-electron chi connectivity index (χ4n) is 4.48. The van der Waals surface area contributed by atoms with Gasteiger partial charge < -0.3 is 19.7 Å². The molecule has 0 aliphatic carbocycles. The first-order valence-electron chi connectivity index (χ1n) is 14.2. The number of halogens is 2. The van der Waals surface area contributed by atoms with Crippen molar-refractivity contribution in [2.45, 2.75) is 59.5 Å². The van der Waals surface area contributed by atoms with Gasteiger partial charge in [-0.05, 0) is 61.6 Å². The molecular weight excluding hydrogens is 559 g/mol. The summed E-state index contributed by atoms with van der Waals surface area (Å²) in [5, 5.41) is 3.93. The van der Waals surface area contributed by atoms with Crippen LogP contribution in [0.5, 0.6) is 11.5 Å². The summed E-state index contributed by atoms with van der Waals surface area (Å²) in [5.74, 6) is 1.20. The van der Waals surface area contributed by atoms with E-state index in [1.54, 1.807) is 23.1 Å². The summed E-state index contributed by atoms with van der Waals surface area (Å²) >= 11 is 13.1. The van der Waals surface area contributed by atoms with Gasteiger partial charge in [0.1, 0.15) is 6.04 Å². The van der Waals surface area contributed by atoms with Crippen LogP contribution in [0, 0.1) is 5.92 Å². The Bertz CT molecular complexity index is 1260. The molecule has 0 unspecified atom stereocenters. The zero-order valence-electron chi connectivity index (χ0n) is 24.3. The number of carbonyl (C=O) groups excluding carboxylic acids is 2. The highest BCUT2D eigenvalue weighted by Crippen LogP contribution is 2.30. The second-order valence-corrected chi connectivity index (χ2v) is 11.0. The minimum absolute atomic E-state index is 0.109. The summed E-state index contributed by atoms with van der Waals surface area (Å²) in [5.41, 5.74) is 2.50. The third kappa shape index (κ3) is 9.68. The number of benzene rings is 3. The van der Waals surface area contributed by atoms with Gasteiger partial charge >= 0.3 is 0 Å². The maximum absolute atomic E-state index is 14.0. The average molecular weight is 600 g/mol. The molecule has 0 fully saturated rings. The Labute approximate surface area is 253 Å². The molecule has 8 heteroatoms. The van der Waals surface area contributed by atoms with Crippen LogP contribution in [0.2, 0.25) is 10.0 Å². The fourth-order valence-corrected chi connectivity index (χ4v) is 4.99. The van der Waals surface area contributed by atoms with Gasteiger partial charge in [0.2, 0.25) is 11.8 Å². The lowest BCUT2D eigenvalue weighted by Crippen LogP contribution is -2.51. The van der Waals surface area contributed by atoms with Gasteiger partial charge in [-0.1, -0.05) is 79.5 Å². The molecule has 0 saturated heterocycles. The van der Waals surface area contributed by atoms with Gasteiger partial charge in [-0.15, -0.1) is 0 Å². The van der Waals surface area contributed by atoms with Gasteiger partial charge in [0.05, 0.1) is 13.2 Å². The number of hydrogen-bond donors (Lipinski definition) is 1. The van der Waals surface area contributed by atoms with Crippen molar-refractivity contribution in [3.05, 3.63) is 93.5 Å². The molecule has 1 N–H and O–H groups in total. The van der Waals surface area contributed by atoms with Crippen molar-refractivity contribution >= 4 is 35.0 Å². The van der Waals surface area contributed by atoms with E-state index in [1.807, 2.05) is 76.2 Å². The van der Waals surface area contributed by atoms with Gasteiger partial charge in [0, 0.05) is 41.5 Å². The molecule has 3 aromatic rings. The van der Waals surface area contributed by atoms with E-state index in [1.165, 1.54) is 0 Å². The van der Waals surface area contributed by atoms with Gasteiger partial charge in [-0.3, -0.25) is 9.59 Å². The van der Waals surface area contributed by atoms with Crippen molar-refractivity contribution in [3.63, 3.8) is 0 Å². The van der Waals surface area contributed by atoms with Crippen LogP contribution in [-0.2, 0) is 29.0 Å². The van der Waals surface area contributed by atoms with Crippen molar-refractivity contribution in [2.24, 2.45) is 5.92 Å². The van der Waals surface area contributed by atoms with Gasteiger partial charge in [0.15, 0.2) is 11.5 Å². The first-order valence-corrected chi connectivity index (χ1v) is 14.9. The third-order valence-electron chi connectivity index (χ3n) is 6.58. The summed E-state index contributed by atoms with van der Waals surface area (Å²) in [6.45, 7) is 9.55. The summed E-state index contributed by atoms with van der Waals surface area (Å²) in [4.78, 5) is 29.3. The van der Waals surface area contributed by atoms with Crippen molar-refractivity contribution in [1.29, 1.82) is 0 Å². The number of ether oxygens (including phenoxy) is 2. The van der Waals surface area contributed by atoms with Crippen LogP contribution in [0.4, 0.5) is 0 Å². The lowest BCUT2D eigenvalue weighted by molar-refractivity contribution is -0.141. The van der Waals surface area contributed by atoms with Crippen molar-refractivity contribution in [3.8, 4) is 11.5 Å². The number of carbonyl (C=O) groups is 2. The molecule has 0 aliphatic heterocycles. The van der Waals surface area contributed by atoms with E-state index in [0.29, 0.717) is 59.7 Å². The lowest BCUT2D eigenvalue weighted by atomic mass is 10.0. The highest BCUT2D eigenvalue weighted by atomic mass is 35.5. The summed E-state index contributed by atoms with van der Waals surface area (Å²) in [6, 6.07) is 19.9. The molecule has 6 nitrogen and oxygen atoms in total. The Morgan fingerprint density at radius 2 is 1.51 bits per heavy atom. The minimum atomic E-state index is -0.754. The first kappa shape index (κ1) is 32.3. The monoisotopic (exact) mass is 598 g/mol. The van der Waals surface area contributed by atoms with Crippen LogP contribution in [0.3, 0.4) is 0 Å². The molecule has 41 heavy (non-hydrogen) atoms. The number of amides is 2. The Hall–Kier alpha value is -3.22. The Morgan fingerprint density at radius 1 is 0.854 bits per heavy atom. The van der Waals surface area contributed by atoms with Gasteiger partial charge in [-0.2, -0.15) is 0 Å². The van der Waals surface area contributed by atoms with E-state index in [4.69, 9.17) is 32.7 Å². The smallest absolute Gasteiger partial charge is 0.243 e. The SMILES string of the molecule is CCOc1ccc(CCC(=O)N(Cc2c(Cl)cccc2Cl)[C@@H](Cc2ccccc2)C(=O)NCC(C)C)cc1OCC. The highest BCUT2D eigenvalue weighted by molar-refractivity contribution is 6.36. The van der Waals surface area contributed by atoms with Crippen LogP contribution in [0.1, 0.15) is 50.8 Å². The van der Waals surface area contributed by atoms with Crippen molar-refractivity contribution < 1.29 is 19.1 Å². The normalized spacial score (nSPS) is 11.7. The molecule has 3 aromatic carbocycles. The van der Waals surface area contributed by atoms with E-state index < -0.39 is 6.04 Å².